The third kappa shape index (κ3) is 6.58. The second-order valence-electron chi connectivity index (χ2n) is 18.2. The van der Waals surface area contributed by atoms with Crippen LogP contribution in [0, 0.1) is 0 Å². The van der Waals surface area contributed by atoms with E-state index in [1.165, 1.54) is 76.4 Å². The number of hydrogen-bond acceptors (Lipinski definition) is 2. The number of nitrogens with zero attached hydrogens (tertiary/aromatic N) is 3. The van der Waals surface area contributed by atoms with Crippen molar-refractivity contribution in [3.8, 4) is 61.5 Å². The van der Waals surface area contributed by atoms with E-state index < -0.39 is 0 Å². The second kappa shape index (κ2) is 15.7. The van der Waals surface area contributed by atoms with Crippen molar-refractivity contribution in [2.45, 2.75) is 0 Å². The van der Waals surface area contributed by atoms with Crippen molar-refractivity contribution >= 4 is 75.9 Å². The summed E-state index contributed by atoms with van der Waals surface area (Å²) in [6.07, 6.45) is 1.92. The maximum atomic E-state index is 5.30. The van der Waals surface area contributed by atoms with Gasteiger partial charge in [0.2, 0.25) is 0 Å². The Labute approximate surface area is 398 Å². The minimum atomic E-state index is 0.855. The number of rotatable bonds is 6. The van der Waals surface area contributed by atoms with Crippen molar-refractivity contribution in [2.24, 2.45) is 0 Å². The maximum absolute atomic E-state index is 5.30. The van der Waals surface area contributed by atoms with E-state index in [9.17, 15) is 0 Å². The fourth-order valence-corrected chi connectivity index (χ4v) is 10.7. The van der Waals surface area contributed by atoms with Crippen LogP contribution in [0.4, 0.5) is 0 Å². The third-order valence-corrected chi connectivity index (χ3v) is 14.1. The lowest BCUT2D eigenvalue weighted by molar-refractivity contribution is 1.18. The fraction of sp³-hybridized carbons (Fsp3) is 0. The molecule has 0 saturated heterocycles. The SMILES string of the molecule is c1cc(-c2cccc(-c3cnc4c5ccccc5c5ccccc5c4n3)c2)cc(-c2cccc(-n3c4ccc(-c5ccc6ccccc6c5)cc4c4cc(-c5ccc6ccccc6c5)ccc43)c2)c1. The van der Waals surface area contributed by atoms with Crippen molar-refractivity contribution in [1.82, 2.24) is 14.5 Å². The van der Waals surface area contributed by atoms with Gasteiger partial charge in [0.15, 0.2) is 0 Å². The number of aromatic nitrogens is 3. The van der Waals surface area contributed by atoms with E-state index in [0.29, 0.717) is 0 Å². The van der Waals surface area contributed by atoms with Gasteiger partial charge in [0.25, 0.3) is 0 Å². The molecule has 0 N–H and O–H groups in total. The monoisotopic (exact) mass is 875 g/mol. The van der Waals surface area contributed by atoms with Crippen LogP contribution in [0.3, 0.4) is 0 Å². The van der Waals surface area contributed by atoms with Crippen LogP contribution in [0.1, 0.15) is 0 Å². The lowest BCUT2D eigenvalue weighted by atomic mass is 9.97. The van der Waals surface area contributed by atoms with Crippen molar-refractivity contribution in [3.63, 3.8) is 0 Å². The summed E-state index contributed by atoms with van der Waals surface area (Å²) >= 11 is 0. The van der Waals surface area contributed by atoms with Gasteiger partial charge in [-0.15, -0.1) is 0 Å². The molecule has 14 rings (SSSR count). The molecule has 69 heavy (non-hydrogen) atoms. The Balaban J connectivity index is 0.861. The Morgan fingerprint density at radius 1 is 0.261 bits per heavy atom. The minimum absolute atomic E-state index is 0.855. The lowest BCUT2D eigenvalue weighted by Crippen LogP contribution is -1.94. The lowest BCUT2D eigenvalue weighted by Gasteiger charge is -2.13. The molecule has 0 aliphatic carbocycles. The van der Waals surface area contributed by atoms with E-state index >= 15 is 0 Å². The molecule has 0 saturated carbocycles. The van der Waals surface area contributed by atoms with Crippen LogP contribution in [0.5, 0.6) is 0 Å². The normalized spacial score (nSPS) is 11.8. The Morgan fingerprint density at radius 2 is 0.681 bits per heavy atom. The average molecular weight is 876 g/mol. The van der Waals surface area contributed by atoms with Crippen LogP contribution in [0.25, 0.3) is 137 Å². The molecule has 0 aliphatic heterocycles. The van der Waals surface area contributed by atoms with Gasteiger partial charge in [0, 0.05) is 32.8 Å². The number of hydrogen-bond donors (Lipinski definition) is 0. The first-order valence-electron chi connectivity index (χ1n) is 23.6. The largest absolute Gasteiger partial charge is 0.309 e. The molecule has 2 heterocycles. The van der Waals surface area contributed by atoms with E-state index in [2.05, 4.69) is 247 Å². The number of fused-ring (bicyclic) bond motifs is 11. The highest BCUT2D eigenvalue weighted by Gasteiger charge is 2.17. The van der Waals surface area contributed by atoms with Gasteiger partial charge in [-0.2, -0.15) is 0 Å². The molecular weight excluding hydrogens is 835 g/mol. The molecule has 0 fully saturated rings. The Morgan fingerprint density at radius 3 is 1.26 bits per heavy atom. The molecule has 2 aromatic heterocycles. The summed E-state index contributed by atoms with van der Waals surface area (Å²) in [4.78, 5) is 10.3. The molecule has 3 nitrogen and oxygen atoms in total. The van der Waals surface area contributed by atoms with E-state index in [4.69, 9.17) is 9.97 Å². The Bertz CT molecular complexity index is 4220. The molecule has 14 aromatic rings. The summed E-state index contributed by atoms with van der Waals surface area (Å²) in [6, 6.07) is 88.3. The fourth-order valence-electron chi connectivity index (χ4n) is 10.7. The van der Waals surface area contributed by atoms with Crippen LogP contribution < -0.4 is 0 Å². The van der Waals surface area contributed by atoms with Gasteiger partial charge in [0.05, 0.1) is 34.0 Å². The van der Waals surface area contributed by atoms with Crippen molar-refractivity contribution in [2.75, 3.05) is 0 Å². The molecule has 0 amide bonds. The van der Waals surface area contributed by atoms with Crippen LogP contribution in [-0.4, -0.2) is 14.5 Å². The Kier molecular flexibility index (Phi) is 8.90. The first-order valence-corrected chi connectivity index (χ1v) is 23.6. The van der Waals surface area contributed by atoms with Crippen LogP contribution in [0.15, 0.2) is 249 Å². The zero-order chi connectivity index (χ0) is 45.4. The second-order valence-corrected chi connectivity index (χ2v) is 18.2. The van der Waals surface area contributed by atoms with Gasteiger partial charge in [0.1, 0.15) is 0 Å². The zero-order valence-corrected chi connectivity index (χ0v) is 37.5. The Hall–Kier alpha value is -9.18. The highest BCUT2D eigenvalue weighted by molar-refractivity contribution is 6.23. The van der Waals surface area contributed by atoms with Crippen molar-refractivity contribution < 1.29 is 0 Å². The highest BCUT2D eigenvalue weighted by Crippen LogP contribution is 2.40. The highest BCUT2D eigenvalue weighted by atomic mass is 15.0. The predicted octanol–water partition coefficient (Wildman–Crippen LogP) is 17.7. The van der Waals surface area contributed by atoms with Crippen LogP contribution in [-0.2, 0) is 0 Å². The first-order chi connectivity index (χ1) is 34.2. The van der Waals surface area contributed by atoms with E-state index in [1.54, 1.807) is 0 Å². The van der Waals surface area contributed by atoms with Crippen LogP contribution >= 0.6 is 0 Å². The summed E-state index contributed by atoms with van der Waals surface area (Å²) in [5, 5.41) is 12.1. The molecule has 0 spiro atoms. The quantitative estimate of drug-likeness (QED) is 0.156. The van der Waals surface area contributed by atoms with Gasteiger partial charge in [-0.05, 0) is 137 Å². The average Bonchev–Trinajstić information content (AvgIpc) is 3.76. The van der Waals surface area contributed by atoms with Gasteiger partial charge >= 0.3 is 0 Å². The molecule has 0 aliphatic rings. The summed E-state index contributed by atoms with van der Waals surface area (Å²) in [5.74, 6) is 0. The molecule has 12 aromatic carbocycles. The van der Waals surface area contributed by atoms with E-state index in [1.807, 2.05) is 6.20 Å². The van der Waals surface area contributed by atoms with Gasteiger partial charge < -0.3 is 4.57 Å². The number of benzene rings is 12. The summed E-state index contributed by atoms with van der Waals surface area (Å²) in [7, 11) is 0. The summed E-state index contributed by atoms with van der Waals surface area (Å²) < 4.78 is 2.44. The molecule has 3 heteroatoms. The molecule has 0 unspecified atom stereocenters. The predicted molar refractivity (Wildman–Crippen MR) is 291 cm³/mol. The minimum Gasteiger partial charge on any atom is -0.309 e. The molecule has 0 bridgehead atoms. The molecule has 0 atom stereocenters. The van der Waals surface area contributed by atoms with Crippen LogP contribution in [0.2, 0.25) is 0 Å². The van der Waals surface area contributed by atoms with E-state index in [-0.39, 0.29) is 0 Å². The van der Waals surface area contributed by atoms with Gasteiger partial charge in [-0.25, -0.2) is 4.98 Å². The third-order valence-electron chi connectivity index (χ3n) is 14.1. The topological polar surface area (TPSA) is 30.7 Å². The van der Waals surface area contributed by atoms with Crippen molar-refractivity contribution in [3.05, 3.63) is 249 Å². The van der Waals surface area contributed by atoms with Gasteiger partial charge in [-0.3, -0.25) is 4.98 Å². The smallest absolute Gasteiger partial charge is 0.0979 e. The van der Waals surface area contributed by atoms with Crippen molar-refractivity contribution in [1.29, 1.82) is 0 Å². The standard InChI is InChI=1S/C66H41N3/c1-3-14-44-34-50(28-26-42(44)12-1)52-30-32-63-60(39-52)61-40-53(51-29-27-43-13-2-4-15-45(43)35-51)31-33-64(61)69(63)55-21-11-19-49(38-55)47-17-9-16-46(36-47)48-18-10-20-54(37-48)62-41-67-65-58-24-7-5-22-56(58)57-23-6-8-25-59(57)66(65)68-62/h1-41H. The zero-order valence-electron chi connectivity index (χ0n) is 37.5. The molecular formula is C66H41N3. The van der Waals surface area contributed by atoms with Gasteiger partial charge in [-0.1, -0.05) is 182 Å². The summed E-state index contributed by atoms with van der Waals surface area (Å²) in [5.41, 5.74) is 16.6. The first kappa shape index (κ1) is 39.0. The summed E-state index contributed by atoms with van der Waals surface area (Å²) in [6.45, 7) is 0. The van der Waals surface area contributed by atoms with E-state index in [0.717, 1.165) is 61.0 Å². The molecule has 320 valence electrons. The maximum Gasteiger partial charge on any atom is 0.0979 e. The molecule has 0 radical (unpaired) electrons.